The molecule has 2 heterocycles. The summed E-state index contributed by atoms with van der Waals surface area (Å²) in [6, 6.07) is 4.09. The first-order valence-electron chi connectivity index (χ1n) is 12.2. The first kappa shape index (κ1) is 21.9. The number of carbonyl (C=O) groups is 2. The Morgan fingerprint density at radius 3 is 2.73 bits per heavy atom. The second-order valence-electron chi connectivity index (χ2n) is 9.44. The van der Waals surface area contributed by atoms with Gasteiger partial charge in [-0.05, 0) is 51.3 Å². The second kappa shape index (κ2) is 9.12. The van der Waals surface area contributed by atoms with E-state index in [2.05, 4.69) is 12.1 Å². The van der Waals surface area contributed by atoms with Crippen molar-refractivity contribution in [2.45, 2.75) is 64.7 Å². The summed E-state index contributed by atoms with van der Waals surface area (Å²) in [5.41, 5.74) is 3.67. The first-order valence-corrected chi connectivity index (χ1v) is 12.2. The Balaban J connectivity index is 1.42. The van der Waals surface area contributed by atoms with Crippen LogP contribution in [0.3, 0.4) is 0 Å². The van der Waals surface area contributed by atoms with Gasteiger partial charge in [0.05, 0.1) is 23.8 Å². The second-order valence-corrected chi connectivity index (χ2v) is 9.44. The summed E-state index contributed by atoms with van der Waals surface area (Å²) in [5.74, 6) is 1.23. The minimum Gasteiger partial charge on any atom is -0.465 e. The van der Waals surface area contributed by atoms with Gasteiger partial charge in [0.15, 0.2) is 5.78 Å². The Morgan fingerprint density at radius 2 is 2.00 bits per heavy atom. The molecule has 0 spiro atoms. The van der Waals surface area contributed by atoms with Crippen molar-refractivity contribution in [2.24, 2.45) is 16.8 Å². The van der Waals surface area contributed by atoms with Crippen molar-refractivity contribution in [1.29, 1.82) is 0 Å². The number of fused-ring (bicyclic) bond motifs is 1. The molecule has 0 radical (unpaired) electrons. The van der Waals surface area contributed by atoms with Crippen molar-refractivity contribution < 1.29 is 18.7 Å². The maximum atomic E-state index is 13.6. The van der Waals surface area contributed by atoms with E-state index in [9.17, 15) is 9.59 Å². The fraction of sp³-hybridized carbons (Fsp3) is 0.464. The number of Topliss-reactive ketones (excluding diaryl/α,β-unsaturated/α-hetero) is 1. The lowest BCUT2D eigenvalue weighted by atomic mass is 9.74. The van der Waals surface area contributed by atoms with Gasteiger partial charge in [-0.3, -0.25) is 9.79 Å². The minimum atomic E-state index is -0.470. The summed E-state index contributed by atoms with van der Waals surface area (Å²) in [7, 11) is 0. The number of hydrogen-bond acceptors (Lipinski definition) is 5. The van der Waals surface area contributed by atoms with Gasteiger partial charge in [-0.1, -0.05) is 43.1 Å². The van der Waals surface area contributed by atoms with Gasteiger partial charge in [0.2, 0.25) is 0 Å². The Bertz CT molecular complexity index is 1120. The lowest BCUT2D eigenvalue weighted by Crippen LogP contribution is -2.35. The predicted molar refractivity (Wildman–Crippen MR) is 127 cm³/mol. The average molecular weight is 446 g/mol. The van der Waals surface area contributed by atoms with Crippen LogP contribution in [-0.2, 0) is 20.7 Å². The van der Waals surface area contributed by atoms with Crippen molar-refractivity contribution >= 4 is 17.5 Å². The van der Waals surface area contributed by atoms with Gasteiger partial charge >= 0.3 is 5.97 Å². The van der Waals surface area contributed by atoms with Gasteiger partial charge in [-0.25, -0.2) is 4.79 Å². The van der Waals surface area contributed by atoms with E-state index in [0.29, 0.717) is 35.8 Å². The van der Waals surface area contributed by atoms with Crippen LogP contribution in [0.25, 0.3) is 0 Å². The van der Waals surface area contributed by atoms with Crippen molar-refractivity contribution in [3.8, 4) is 0 Å². The normalized spacial score (nSPS) is 25.2. The van der Waals surface area contributed by atoms with Crippen LogP contribution in [0.15, 0.2) is 68.3 Å². The number of ether oxygens (including phenoxy) is 1. The van der Waals surface area contributed by atoms with E-state index in [4.69, 9.17) is 14.1 Å². The van der Waals surface area contributed by atoms with Crippen LogP contribution in [0.4, 0.5) is 0 Å². The number of nitrogens with zero attached hydrogens (tertiary/aromatic N) is 1. The summed E-state index contributed by atoms with van der Waals surface area (Å²) in [4.78, 5) is 31.2. The number of allylic oxidation sites excluding steroid dienone is 7. The molecule has 2 unspecified atom stereocenters. The maximum absolute atomic E-state index is 13.6. The van der Waals surface area contributed by atoms with Gasteiger partial charge in [0.25, 0.3) is 0 Å². The molecule has 2 atom stereocenters. The van der Waals surface area contributed by atoms with Crippen LogP contribution in [0.5, 0.6) is 0 Å². The van der Waals surface area contributed by atoms with Crippen molar-refractivity contribution in [2.75, 3.05) is 6.61 Å². The number of carbonyl (C=O) groups excluding carboxylic acids is 2. The zero-order valence-corrected chi connectivity index (χ0v) is 19.4. The monoisotopic (exact) mass is 445 g/mol. The largest absolute Gasteiger partial charge is 0.465 e. The molecule has 1 aromatic rings. The predicted octanol–water partition coefficient (Wildman–Crippen LogP) is 5.79. The molecule has 0 saturated heterocycles. The molecule has 5 heteroatoms. The molecule has 0 amide bonds. The van der Waals surface area contributed by atoms with Gasteiger partial charge in [-0.15, -0.1) is 0 Å². The topological polar surface area (TPSA) is 68.9 Å². The summed E-state index contributed by atoms with van der Waals surface area (Å²) in [5, 5.41) is 0. The van der Waals surface area contributed by atoms with E-state index in [0.717, 1.165) is 29.2 Å². The van der Waals surface area contributed by atoms with Crippen molar-refractivity contribution in [3.63, 3.8) is 0 Å². The highest BCUT2D eigenvalue weighted by atomic mass is 16.5. The third-order valence-electron chi connectivity index (χ3n) is 7.32. The standard InChI is InChI=1S/C28H31NO4/c1-3-32-28(31)24-17(2)29-22-16-20(27(30)26(22)25(24)19-11-7-8-12-19)15-21-13-14-23(33-21)18-9-5-4-6-10-18/h7-8,11,13-14,16,18,25-26H,3-6,9-10,12,15H2,1-2H3. The quantitative estimate of drug-likeness (QED) is 0.520. The smallest absolute Gasteiger partial charge is 0.336 e. The molecule has 0 aromatic carbocycles. The lowest BCUT2D eigenvalue weighted by molar-refractivity contribution is -0.139. The third-order valence-corrected chi connectivity index (χ3v) is 7.32. The van der Waals surface area contributed by atoms with Gasteiger partial charge in [0, 0.05) is 29.5 Å². The van der Waals surface area contributed by atoms with Crippen LogP contribution in [0.1, 0.15) is 69.8 Å². The SMILES string of the molecule is CCOC(=O)C1=C(C)N=C2C=C(Cc3ccc(C4CCCCC4)o3)C(=O)C2C1C1=CC=CC1. The molecule has 1 aromatic heterocycles. The number of ketones is 1. The van der Waals surface area contributed by atoms with E-state index < -0.39 is 5.92 Å². The molecule has 1 aliphatic heterocycles. The average Bonchev–Trinajstić information content (AvgIpc) is 3.56. The molecule has 5 rings (SSSR count). The summed E-state index contributed by atoms with van der Waals surface area (Å²) in [6.45, 7) is 3.92. The lowest BCUT2D eigenvalue weighted by Gasteiger charge is -2.30. The summed E-state index contributed by atoms with van der Waals surface area (Å²) >= 11 is 0. The molecule has 33 heavy (non-hydrogen) atoms. The van der Waals surface area contributed by atoms with Crippen LogP contribution in [0.2, 0.25) is 0 Å². The molecule has 5 nitrogen and oxygen atoms in total. The van der Waals surface area contributed by atoms with E-state index in [-0.39, 0.29) is 17.7 Å². The number of furan rings is 1. The molecule has 3 aliphatic carbocycles. The molecule has 1 saturated carbocycles. The fourth-order valence-corrected chi connectivity index (χ4v) is 5.74. The third kappa shape index (κ3) is 4.09. The van der Waals surface area contributed by atoms with Gasteiger partial charge < -0.3 is 9.15 Å². The Kier molecular flexibility index (Phi) is 6.05. The number of rotatable bonds is 6. The van der Waals surface area contributed by atoms with Crippen LogP contribution < -0.4 is 0 Å². The molecule has 4 aliphatic rings. The van der Waals surface area contributed by atoms with E-state index in [1.165, 1.54) is 32.1 Å². The van der Waals surface area contributed by atoms with Crippen molar-refractivity contribution in [3.05, 3.63) is 70.4 Å². The highest BCUT2D eigenvalue weighted by Gasteiger charge is 2.46. The highest BCUT2D eigenvalue weighted by molar-refractivity contribution is 6.25. The molecular formula is C28H31NO4. The number of esters is 1. The fourth-order valence-electron chi connectivity index (χ4n) is 5.74. The van der Waals surface area contributed by atoms with Gasteiger partial charge in [-0.2, -0.15) is 0 Å². The van der Waals surface area contributed by atoms with E-state index >= 15 is 0 Å². The van der Waals surface area contributed by atoms with Crippen molar-refractivity contribution in [1.82, 2.24) is 0 Å². The van der Waals surface area contributed by atoms with E-state index in [1.54, 1.807) is 6.92 Å². The summed E-state index contributed by atoms with van der Waals surface area (Å²) < 4.78 is 11.5. The van der Waals surface area contributed by atoms with Crippen LogP contribution in [0, 0.1) is 11.8 Å². The Labute approximate surface area is 195 Å². The molecule has 0 bridgehead atoms. The Hall–Kier alpha value is -2.95. The first-order chi connectivity index (χ1) is 16.1. The molecule has 1 fully saturated rings. The highest BCUT2D eigenvalue weighted by Crippen LogP contribution is 2.44. The zero-order chi connectivity index (χ0) is 22.9. The van der Waals surface area contributed by atoms with Crippen LogP contribution in [-0.4, -0.2) is 24.1 Å². The van der Waals surface area contributed by atoms with E-state index in [1.807, 2.05) is 31.2 Å². The van der Waals surface area contributed by atoms with Crippen LogP contribution >= 0.6 is 0 Å². The molecular weight excluding hydrogens is 414 g/mol. The molecule has 0 N–H and O–H groups in total. The maximum Gasteiger partial charge on any atom is 0.336 e. The molecule has 172 valence electrons. The number of hydrogen-bond donors (Lipinski definition) is 0. The Morgan fingerprint density at radius 1 is 1.18 bits per heavy atom. The summed E-state index contributed by atoms with van der Waals surface area (Å²) in [6.07, 6.45) is 15.4. The van der Waals surface area contributed by atoms with Gasteiger partial charge in [0.1, 0.15) is 11.5 Å². The number of aliphatic imine (C=N–C) groups is 1. The zero-order valence-electron chi connectivity index (χ0n) is 19.4. The minimum absolute atomic E-state index is 0.0384.